The highest BCUT2D eigenvalue weighted by Gasteiger charge is 2.21. The lowest BCUT2D eigenvalue weighted by Crippen LogP contribution is -2.52. The SMILES string of the molecule is CC(=O)c1ccc(N2CCN(C(=O)NCCc3ccc(F)cc3)CC2)cc1. The van der Waals surface area contributed by atoms with Crippen molar-refractivity contribution in [3.05, 3.63) is 65.5 Å². The second-order valence-electron chi connectivity index (χ2n) is 6.69. The van der Waals surface area contributed by atoms with Crippen LogP contribution in [0.2, 0.25) is 0 Å². The van der Waals surface area contributed by atoms with Crippen molar-refractivity contribution in [2.75, 3.05) is 37.6 Å². The molecule has 3 rings (SSSR count). The molecule has 1 N–H and O–H groups in total. The summed E-state index contributed by atoms with van der Waals surface area (Å²) in [6, 6.07) is 13.8. The summed E-state index contributed by atoms with van der Waals surface area (Å²) in [5, 5.41) is 2.93. The van der Waals surface area contributed by atoms with Gasteiger partial charge in [0.05, 0.1) is 0 Å². The molecule has 1 aliphatic rings. The number of carbonyl (C=O) groups excluding carboxylic acids is 2. The first-order valence-electron chi connectivity index (χ1n) is 9.16. The summed E-state index contributed by atoms with van der Waals surface area (Å²) < 4.78 is 12.9. The van der Waals surface area contributed by atoms with Gasteiger partial charge in [0, 0.05) is 44.0 Å². The molecule has 2 aromatic rings. The number of piperazine rings is 1. The van der Waals surface area contributed by atoms with Crippen LogP contribution in [0.4, 0.5) is 14.9 Å². The highest BCUT2D eigenvalue weighted by molar-refractivity contribution is 5.94. The quantitative estimate of drug-likeness (QED) is 0.824. The number of carbonyl (C=O) groups is 2. The molecular formula is C21H24FN3O2. The number of nitrogens with zero attached hydrogens (tertiary/aromatic N) is 2. The van der Waals surface area contributed by atoms with Crippen LogP contribution < -0.4 is 10.2 Å². The van der Waals surface area contributed by atoms with Crippen molar-refractivity contribution < 1.29 is 14.0 Å². The van der Waals surface area contributed by atoms with E-state index in [0.29, 0.717) is 31.6 Å². The second-order valence-corrected chi connectivity index (χ2v) is 6.69. The van der Waals surface area contributed by atoms with Crippen LogP contribution in [-0.4, -0.2) is 49.4 Å². The highest BCUT2D eigenvalue weighted by atomic mass is 19.1. The number of ketones is 1. The zero-order chi connectivity index (χ0) is 19.2. The molecule has 0 radical (unpaired) electrons. The molecule has 1 fully saturated rings. The molecule has 0 aliphatic carbocycles. The van der Waals surface area contributed by atoms with E-state index in [-0.39, 0.29) is 17.6 Å². The Morgan fingerprint density at radius 3 is 2.19 bits per heavy atom. The summed E-state index contributed by atoms with van der Waals surface area (Å²) in [4.78, 5) is 27.7. The first-order valence-corrected chi connectivity index (χ1v) is 9.16. The van der Waals surface area contributed by atoms with E-state index in [2.05, 4.69) is 10.2 Å². The molecule has 0 bridgehead atoms. The van der Waals surface area contributed by atoms with Gasteiger partial charge in [-0.2, -0.15) is 0 Å². The maximum atomic E-state index is 12.9. The molecule has 0 saturated carbocycles. The smallest absolute Gasteiger partial charge is 0.317 e. The van der Waals surface area contributed by atoms with E-state index in [1.165, 1.54) is 12.1 Å². The first kappa shape index (κ1) is 18.9. The fourth-order valence-electron chi connectivity index (χ4n) is 3.15. The molecule has 1 saturated heterocycles. The Bertz CT molecular complexity index is 782. The number of hydrogen-bond acceptors (Lipinski definition) is 3. The minimum Gasteiger partial charge on any atom is -0.368 e. The van der Waals surface area contributed by atoms with Gasteiger partial charge in [-0.25, -0.2) is 9.18 Å². The van der Waals surface area contributed by atoms with E-state index < -0.39 is 0 Å². The van der Waals surface area contributed by atoms with Crippen molar-refractivity contribution in [1.82, 2.24) is 10.2 Å². The lowest BCUT2D eigenvalue weighted by atomic mass is 10.1. The maximum Gasteiger partial charge on any atom is 0.317 e. The molecule has 5 nitrogen and oxygen atoms in total. The Morgan fingerprint density at radius 2 is 1.59 bits per heavy atom. The summed E-state index contributed by atoms with van der Waals surface area (Å²) >= 11 is 0. The van der Waals surface area contributed by atoms with Crippen LogP contribution in [0.25, 0.3) is 0 Å². The number of amides is 2. The predicted octanol–water partition coefficient (Wildman–Crippen LogP) is 3.10. The first-order chi connectivity index (χ1) is 13.0. The summed E-state index contributed by atoms with van der Waals surface area (Å²) in [7, 11) is 0. The van der Waals surface area contributed by atoms with Crippen molar-refractivity contribution in [3.8, 4) is 0 Å². The van der Waals surface area contributed by atoms with Crippen molar-refractivity contribution in [2.45, 2.75) is 13.3 Å². The average Bonchev–Trinajstić information content (AvgIpc) is 2.69. The second kappa shape index (κ2) is 8.66. The van der Waals surface area contributed by atoms with Crippen molar-refractivity contribution >= 4 is 17.5 Å². The zero-order valence-corrected chi connectivity index (χ0v) is 15.5. The molecule has 0 atom stereocenters. The lowest BCUT2D eigenvalue weighted by Gasteiger charge is -2.36. The maximum absolute atomic E-state index is 12.9. The van der Waals surface area contributed by atoms with E-state index in [9.17, 15) is 14.0 Å². The van der Waals surface area contributed by atoms with Crippen LogP contribution in [0.5, 0.6) is 0 Å². The zero-order valence-electron chi connectivity index (χ0n) is 15.5. The molecular weight excluding hydrogens is 345 g/mol. The van der Waals surface area contributed by atoms with Crippen LogP contribution in [0, 0.1) is 5.82 Å². The average molecular weight is 369 g/mol. The Kier molecular flexibility index (Phi) is 6.06. The number of benzene rings is 2. The minimum atomic E-state index is -0.253. The number of hydrogen-bond donors (Lipinski definition) is 1. The van der Waals surface area contributed by atoms with Gasteiger partial charge in [-0.1, -0.05) is 12.1 Å². The number of rotatable bonds is 5. The van der Waals surface area contributed by atoms with Gasteiger partial charge < -0.3 is 15.1 Å². The van der Waals surface area contributed by atoms with Crippen LogP contribution in [-0.2, 0) is 6.42 Å². The van der Waals surface area contributed by atoms with E-state index in [4.69, 9.17) is 0 Å². The minimum absolute atomic E-state index is 0.0590. The third-order valence-electron chi connectivity index (χ3n) is 4.81. The third kappa shape index (κ3) is 5.06. The normalized spacial score (nSPS) is 14.1. The number of Topliss-reactive ketones (excluding diaryl/α,β-unsaturated/α-hetero) is 1. The van der Waals surface area contributed by atoms with Gasteiger partial charge in [-0.05, 0) is 55.3 Å². The number of nitrogens with one attached hydrogen (secondary N) is 1. The Labute approximate surface area is 158 Å². The topological polar surface area (TPSA) is 52.7 Å². The Morgan fingerprint density at radius 1 is 0.963 bits per heavy atom. The van der Waals surface area contributed by atoms with Crippen LogP contribution in [0.3, 0.4) is 0 Å². The molecule has 0 aromatic heterocycles. The monoisotopic (exact) mass is 369 g/mol. The van der Waals surface area contributed by atoms with Gasteiger partial charge in [0.25, 0.3) is 0 Å². The number of urea groups is 1. The number of halogens is 1. The van der Waals surface area contributed by atoms with Crippen LogP contribution in [0.1, 0.15) is 22.8 Å². The molecule has 1 heterocycles. The molecule has 142 valence electrons. The molecule has 1 aliphatic heterocycles. The van der Waals surface area contributed by atoms with E-state index in [1.54, 1.807) is 19.1 Å². The standard InChI is InChI=1S/C21H24FN3O2/c1-16(26)18-4-8-20(9-5-18)24-12-14-25(15-13-24)21(27)23-11-10-17-2-6-19(22)7-3-17/h2-9H,10-15H2,1H3,(H,23,27). The summed E-state index contributed by atoms with van der Waals surface area (Å²) in [6.45, 7) is 4.89. The molecule has 2 aromatic carbocycles. The number of anilines is 1. The fourth-order valence-corrected chi connectivity index (χ4v) is 3.15. The summed E-state index contributed by atoms with van der Waals surface area (Å²) in [5.74, 6) is -0.194. The van der Waals surface area contributed by atoms with Gasteiger partial charge in [-0.15, -0.1) is 0 Å². The van der Waals surface area contributed by atoms with Crippen molar-refractivity contribution in [2.24, 2.45) is 0 Å². The van der Waals surface area contributed by atoms with Gasteiger partial charge in [-0.3, -0.25) is 4.79 Å². The van der Waals surface area contributed by atoms with Gasteiger partial charge in [0.2, 0.25) is 0 Å². The van der Waals surface area contributed by atoms with Gasteiger partial charge in [0.15, 0.2) is 5.78 Å². The summed E-state index contributed by atoms with van der Waals surface area (Å²) in [6.07, 6.45) is 0.675. The Balaban J connectivity index is 1.43. The highest BCUT2D eigenvalue weighted by Crippen LogP contribution is 2.17. The molecule has 6 heteroatoms. The van der Waals surface area contributed by atoms with Crippen molar-refractivity contribution in [1.29, 1.82) is 0 Å². The predicted molar refractivity (Wildman–Crippen MR) is 104 cm³/mol. The third-order valence-corrected chi connectivity index (χ3v) is 4.81. The van der Waals surface area contributed by atoms with Gasteiger partial charge in [0.1, 0.15) is 5.82 Å². The summed E-state index contributed by atoms with van der Waals surface area (Å²) in [5.41, 5.74) is 2.77. The molecule has 0 spiro atoms. The van der Waals surface area contributed by atoms with E-state index >= 15 is 0 Å². The molecule has 0 unspecified atom stereocenters. The fraction of sp³-hybridized carbons (Fsp3) is 0.333. The van der Waals surface area contributed by atoms with E-state index in [1.807, 2.05) is 29.2 Å². The molecule has 27 heavy (non-hydrogen) atoms. The van der Waals surface area contributed by atoms with Gasteiger partial charge >= 0.3 is 6.03 Å². The van der Waals surface area contributed by atoms with Crippen LogP contribution in [0.15, 0.2) is 48.5 Å². The van der Waals surface area contributed by atoms with E-state index in [0.717, 1.165) is 24.3 Å². The Hall–Kier alpha value is -2.89. The largest absolute Gasteiger partial charge is 0.368 e. The molecule has 2 amide bonds. The van der Waals surface area contributed by atoms with Crippen LogP contribution >= 0.6 is 0 Å². The van der Waals surface area contributed by atoms with Crippen molar-refractivity contribution in [3.63, 3.8) is 0 Å². The lowest BCUT2D eigenvalue weighted by molar-refractivity contribution is 0.101.